The molecule has 0 aliphatic carbocycles. The van der Waals surface area contributed by atoms with Gasteiger partial charge in [-0.25, -0.2) is 0 Å². The Balaban J connectivity index is 1.85. The summed E-state index contributed by atoms with van der Waals surface area (Å²) in [6.45, 7) is 3.23. The molecule has 1 fully saturated rings. The zero-order valence-corrected chi connectivity index (χ0v) is 12.0. The van der Waals surface area contributed by atoms with Gasteiger partial charge < -0.3 is 15.7 Å². The van der Waals surface area contributed by atoms with Crippen LogP contribution in [0.2, 0.25) is 0 Å². The van der Waals surface area contributed by atoms with Crippen molar-refractivity contribution in [2.75, 3.05) is 13.1 Å². The van der Waals surface area contributed by atoms with E-state index in [1.54, 1.807) is 0 Å². The maximum atomic E-state index is 12.3. The van der Waals surface area contributed by atoms with Gasteiger partial charge in [0.2, 0.25) is 5.91 Å². The van der Waals surface area contributed by atoms with Gasteiger partial charge in [0.15, 0.2) is 0 Å². The minimum atomic E-state index is -0.472. The van der Waals surface area contributed by atoms with E-state index in [4.69, 9.17) is 5.73 Å². The van der Waals surface area contributed by atoms with Crippen molar-refractivity contribution >= 4 is 5.91 Å². The third-order valence-electron chi connectivity index (χ3n) is 4.15. The van der Waals surface area contributed by atoms with Crippen molar-refractivity contribution in [1.82, 2.24) is 4.90 Å². The van der Waals surface area contributed by atoms with Crippen LogP contribution in [0.15, 0.2) is 30.3 Å². The van der Waals surface area contributed by atoms with Gasteiger partial charge in [-0.1, -0.05) is 30.3 Å². The van der Waals surface area contributed by atoms with E-state index in [-0.39, 0.29) is 12.0 Å². The minimum absolute atomic E-state index is 0.0258. The maximum Gasteiger partial charge on any atom is 0.239 e. The summed E-state index contributed by atoms with van der Waals surface area (Å²) in [4.78, 5) is 14.2. The van der Waals surface area contributed by atoms with Crippen LogP contribution in [-0.4, -0.2) is 41.1 Å². The summed E-state index contributed by atoms with van der Waals surface area (Å²) in [5.74, 6) is 0.335. The topological polar surface area (TPSA) is 66.6 Å². The lowest BCUT2D eigenvalue weighted by atomic mass is 9.91. The van der Waals surface area contributed by atoms with Crippen molar-refractivity contribution < 1.29 is 9.90 Å². The molecule has 1 saturated heterocycles. The Morgan fingerprint density at radius 1 is 1.35 bits per heavy atom. The van der Waals surface area contributed by atoms with Crippen molar-refractivity contribution in [2.45, 2.75) is 38.3 Å². The van der Waals surface area contributed by atoms with Gasteiger partial charge in [0.25, 0.3) is 0 Å². The Morgan fingerprint density at radius 2 is 1.95 bits per heavy atom. The highest BCUT2D eigenvalue weighted by atomic mass is 16.3. The molecule has 110 valence electrons. The first-order valence-electron chi connectivity index (χ1n) is 7.34. The maximum absolute atomic E-state index is 12.3. The molecule has 2 rings (SSSR count). The van der Waals surface area contributed by atoms with Crippen LogP contribution in [0.25, 0.3) is 0 Å². The van der Waals surface area contributed by atoms with Gasteiger partial charge in [-0.3, -0.25) is 4.79 Å². The van der Waals surface area contributed by atoms with Crippen LogP contribution >= 0.6 is 0 Å². The van der Waals surface area contributed by atoms with Gasteiger partial charge >= 0.3 is 0 Å². The predicted octanol–water partition coefficient (Wildman–Crippen LogP) is 1.18. The molecule has 0 unspecified atom stereocenters. The highest BCUT2D eigenvalue weighted by Gasteiger charge is 2.28. The molecule has 20 heavy (non-hydrogen) atoms. The van der Waals surface area contributed by atoms with Crippen LogP contribution in [0.1, 0.15) is 25.3 Å². The number of aliphatic hydroxyl groups excluding tert-OH is 1. The Labute approximate surface area is 120 Å². The van der Waals surface area contributed by atoms with Gasteiger partial charge in [0.05, 0.1) is 12.1 Å². The Bertz CT molecular complexity index is 425. The van der Waals surface area contributed by atoms with E-state index in [0.29, 0.717) is 25.4 Å². The number of rotatable bonds is 4. The van der Waals surface area contributed by atoms with Crippen molar-refractivity contribution in [3.05, 3.63) is 35.9 Å². The highest BCUT2D eigenvalue weighted by Crippen LogP contribution is 2.21. The number of carbonyl (C=O) groups excluding carboxylic acids is 1. The normalized spacial score (nSPS) is 19.6. The lowest BCUT2D eigenvalue weighted by Crippen LogP contribution is -2.48. The molecule has 4 heteroatoms. The predicted molar refractivity (Wildman–Crippen MR) is 79.1 cm³/mol. The number of piperidine rings is 1. The highest BCUT2D eigenvalue weighted by molar-refractivity contribution is 5.82. The number of benzene rings is 1. The molecule has 1 heterocycles. The van der Waals surface area contributed by atoms with Gasteiger partial charge in [-0.05, 0) is 37.7 Å². The summed E-state index contributed by atoms with van der Waals surface area (Å²) in [5, 5.41) is 9.58. The monoisotopic (exact) mass is 276 g/mol. The first-order chi connectivity index (χ1) is 9.58. The Hall–Kier alpha value is -1.39. The molecule has 0 saturated carbocycles. The number of aliphatic hydroxyl groups is 1. The molecule has 1 aliphatic heterocycles. The smallest absolute Gasteiger partial charge is 0.239 e. The largest absolute Gasteiger partial charge is 0.393 e. The summed E-state index contributed by atoms with van der Waals surface area (Å²) >= 11 is 0. The minimum Gasteiger partial charge on any atom is -0.393 e. The number of likely N-dealkylation sites (tertiary alicyclic amines) is 1. The molecule has 1 aromatic rings. The zero-order chi connectivity index (χ0) is 14.5. The van der Waals surface area contributed by atoms with E-state index in [1.807, 2.05) is 42.2 Å². The molecule has 1 aromatic carbocycles. The lowest BCUT2D eigenvalue weighted by Gasteiger charge is -2.34. The average molecular weight is 276 g/mol. The van der Waals surface area contributed by atoms with Gasteiger partial charge in [-0.2, -0.15) is 0 Å². The van der Waals surface area contributed by atoms with Crippen LogP contribution in [-0.2, 0) is 11.2 Å². The summed E-state index contributed by atoms with van der Waals surface area (Å²) < 4.78 is 0. The molecule has 0 bridgehead atoms. The van der Waals surface area contributed by atoms with Crippen molar-refractivity contribution in [3.63, 3.8) is 0 Å². The van der Waals surface area contributed by atoms with E-state index in [1.165, 1.54) is 0 Å². The van der Waals surface area contributed by atoms with Crippen LogP contribution in [0, 0.1) is 5.92 Å². The third-order valence-corrected chi connectivity index (χ3v) is 4.15. The molecule has 1 amide bonds. The van der Waals surface area contributed by atoms with Gasteiger partial charge in [-0.15, -0.1) is 0 Å². The first-order valence-corrected chi connectivity index (χ1v) is 7.34. The average Bonchev–Trinajstić information content (AvgIpc) is 2.47. The van der Waals surface area contributed by atoms with Crippen LogP contribution in [0.3, 0.4) is 0 Å². The first kappa shape index (κ1) is 15.0. The SMILES string of the molecule is C[C@H](O)C1CCN(C(=O)[C@H](N)Cc2ccccc2)CC1. The Morgan fingerprint density at radius 3 is 2.50 bits per heavy atom. The number of carbonyl (C=O) groups is 1. The quantitative estimate of drug-likeness (QED) is 0.867. The van der Waals surface area contributed by atoms with Crippen LogP contribution < -0.4 is 5.73 Å². The van der Waals surface area contributed by atoms with E-state index >= 15 is 0 Å². The molecule has 0 spiro atoms. The molecule has 1 aliphatic rings. The second kappa shape index (κ2) is 6.86. The number of hydrogen-bond acceptors (Lipinski definition) is 3. The van der Waals surface area contributed by atoms with E-state index in [2.05, 4.69) is 0 Å². The molecular weight excluding hydrogens is 252 g/mol. The molecule has 3 N–H and O–H groups in total. The number of nitrogens with zero attached hydrogens (tertiary/aromatic N) is 1. The van der Waals surface area contributed by atoms with E-state index in [9.17, 15) is 9.90 Å². The number of amides is 1. The molecular formula is C16H24N2O2. The fraction of sp³-hybridized carbons (Fsp3) is 0.562. The second-order valence-corrected chi connectivity index (χ2v) is 5.70. The van der Waals surface area contributed by atoms with Crippen molar-refractivity contribution in [2.24, 2.45) is 11.7 Å². The standard InChI is InChI=1S/C16H24N2O2/c1-12(19)14-7-9-18(10-8-14)16(20)15(17)11-13-5-3-2-4-6-13/h2-6,12,14-15,19H,7-11,17H2,1H3/t12-,15+/m0/s1. The lowest BCUT2D eigenvalue weighted by molar-refractivity contribution is -0.134. The zero-order valence-electron chi connectivity index (χ0n) is 12.0. The van der Waals surface area contributed by atoms with Gasteiger partial charge in [0, 0.05) is 13.1 Å². The summed E-state index contributed by atoms with van der Waals surface area (Å²) in [7, 11) is 0. The van der Waals surface area contributed by atoms with E-state index < -0.39 is 6.04 Å². The summed E-state index contributed by atoms with van der Waals surface area (Å²) in [5.41, 5.74) is 7.12. The number of hydrogen-bond donors (Lipinski definition) is 2. The molecule has 4 nitrogen and oxygen atoms in total. The summed E-state index contributed by atoms with van der Waals surface area (Å²) in [6.07, 6.45) is 2.02. The number of nitrogens with two attached hydrogens (primary N) is 1. The van der Waals surface area contributed by atoms with Crippen molar-refractivity contribution in [1.29, 1.82) is 0 Å². The van der Waals surface area contributed by atoms with Crippen LogP contribution in [0.4, 0.5) is 0 Å². The molecule has 2 atom stereocenters. The van der Waals surface area contributed by atoms with E-state index in [0.717, 1.165) is 18.4 Å². The third kappa shape index (κ3) is 3.81. The van der Waals surface area contributed by atoms with Crippen molar-refractivity contribution in [3.8, 4) is 0 Å². The van der Waals surface area contributed by atoms with Gasteiger partial charge in [0.1, 0.15) is 0 Å². The molecule has 0 radical (unpaired) electrons. The fourth-order valence-electron chi connectivity index (χ4n) is 2.79. The van der Waals surface area contributed by atoms with Crippen LogP contribution in [0.5, 0.6) is 0 Å². The Kier molecular flexibility index (Phi) is 5.15. The molecule has 0 aromatic heterocycles. The second-order valence-electron chi connectivity index (χ2n) is 5.70. The fourth-order valence-corrected chi connectivity index (χ4v) is 2.79. The summed E-state index contributed by atoms with van der Waals surface area (Å²) in [6, 6.07) is 9.39.